The van der Waals surface area contributed by atoms with Gasteiger partial charge in [-0.05, 0) is 29.9 Å². The molecule has 0 atom stereocenters. The Morgan fingerprint density at radius 1 is 0.926 bits per heavy atom. The van der Waals surface area contributed by atoms with Crippen molar-refractivity contribution in [3.05, 3.63) is 69.5 Å². The van der Waals surface area contributed by atoms with E-state index in [1.807, 2.05) is 0 Å². The van der Waals surface area contributed by atoms with E-state index in [4.69, 9.17) is 0 Å². The van der Waals surface area contributed by atoms with Gasteiger partial charge in [0.25, 0.3) is 5.69 Å². The SMILES string of the molecule is O=C1C(C(F)(F)F)=CC(=CN=Nc2ccc([N+](=O)[O-])cc2)C=C1C(F)(F)F. The maximum absolute atomic E-state index is 12.8. The molecule has 0 spiro atoms. The molecule has 27 heavy (non-hydrogen) atoms. The van der Waals surface area contributed by atoms with Crippen LogP contribution in [0.2, 0.25) is 0 Å². The molecule has 0 fully saturated rings. The van der Waals surface area contributed by atoms with Crippen molar-refractivity contribution in [2.24, 2.45) is 10.2 Å². The molecule has 0 amide bonds. The molecule has 0 aliphatic heterocycles. The van der Waals surface area contributed by atoms with Gasteiger partial charge in [-0.25, -0.2) is 0 Å². The van der Waals surface area contributed by atoms with Gasteiger partial charge in [0.05, 0.1) is 16.8 Å². The minimum absolute atomic E-state index is 0.0735. The standard InChI is InChI=1S/C15H7F6N3O3/c16-14(17,18)11-5-8(6-12(13(11)25)15(19,20)21)7-22-23-9-1-3-10(4-2-9)24(26)27/h1-7H. The molecule has 1 aromatic carbocycles. The fourth-order valence-electron chi connectivity index (χ4n) is 1.95. The maximum Gasteiger partial charge on any atom is 0.420 e. The van der Waals surface area contributed by atoms with E-state index in [0.717, 1.165) is 12.1 Å². The van der Waals surface area contributed by atoms with Crippen molar-refractivity contribution in [1.29, 1.82) is 0 Å². The average molecular weight is 391 g/mol. The van der Waals surface area contributed by atoms with Crippen LogP contribution in [0.25, 0.3) is 0 Å². The lowest BCUT2D eigenvalue weighted by Gasteiger charge is -2.19. The summed E-state index contributed by atoms with van der Waals surface area (Å²) < 4.78 is 76.8. The first kappa shape index (κ1) is 20.0. The molecule has 12 heteroatoms. The minimum atomic E-state index is -5.28. The zero-order valence-electron chi connectivity index (χ0n) is 12.9. The number of nitro benzene ring substituents is 1. The monoisotopic (exact) mass is 391 g/mol. The predicted molar refractivity (Wildman–Crippen MR) is 79.0 cm³/mol. The molecular weight excluding hydrogens is 384 g/mol. The van der Waals surface area contributed by atoms with Crippen LogP contribution in [0.15, 0.2) is 69.6 Å². The lowest BCUT2D eigenvalue weighted by molar-refractivity contribution is -0.384. The molecule has 1 aromatic rings. The Morgan fingerprint density at radius 3 is 1.81 bits per heavy atom. The number of non-ortho nitro benzene ring substituents is 1. The maximum atomic E-state index is 12.8. The quantitative estimate of drug-likeness (QED) is 0.310. The topological polar surface area (TPSA) is 84.9 Å². The molecule has 1 aliphatic carbocycles. The minimum Gasteiger partial charge on any atom is -0.289 e. The molecule has 0 saturated heterocycles. The van der Waals surface area contributed by atoms with E-state index in [-0.39, 0.29) is 23.5 Å². The number of carbonyl (C=O) groups excluding carboxylic acids is 1. The summed E-state index contributed by atoms with van der Waals surface area (Å²) in [5.41, 5.74) is -4.76. The van der Waals surface area contributed by atoms with Crippen molar-refractivity contribution < 1.29 is 36.1 Å². The number of nitro groups is 1. The second kappa shape index (κ2) is 7.13. The third-order valence-corrected chi connectivity index (χ3v) is 3.16. The molecule has 0 N–H and O–H groups in total. The van der Waals surface area contributed by atoms with Crippen LogP contribution in [-0.2, 0) is 4.79 Å². The summed E-state index contributed by atoms with van der Waals surface area (Å²) in [4.78, 5) is 21.3. The van der Waals surface area contributed by atoms with Crippen molar-refractivity contribution in [2.45, 2.75) is 12.4 Å². The highest BCUT2D eigenvalue weighted by Gasteiger charge is 2.48. The summed E-state index contributed by atoms with van der Waals surface area (Å²) >= 11 is 0. The van der Waals surface area contributed by atoms with Gasteiger partial charge in [-0.2, -0.15) is 36.6 Å². The van der Waals surface area contributed by atoms with Gasteiger partial charge in [-0.1, -0.05) is 0 Å². The van der Waals surface area contributed by atoms with Gasteiger partial charge in [0, 0.05) is 12.1 Å². The largest absolute Gasteiger partial charge is 0.420 e. The molecule has 1 aliphatic rings. The van der Waals surface area contributed by atoms with Gasteiger partial charge < -0.3 is 0 Å². The lowest BCUT2D eigenvalue weighted by atomic mass is 9.93. The summed E-state index contributed by atoms with van der Waals surface area (Å²) in [6.07, 6.45) is -9.50. The third-order valence-electron chi connectivity index (χ3n) is 3.16. The van der Waals surface area contributed by atoms with Crippen molar-refractivity contribution in [1.82, 2.24) is 0 Å². The van der Waals surface area contributed by atoms with Crippen LogP contribution in [0.4, 0.5) is 37.7 Å². The van der Waals surface area contributed by atoms with Crippen molar-refractivity contribution in [3.8, 4) is 0 Å². The second-order valence-electron chi connectivity index (χ2n) is 5.06. The van der Waals surface area contributed by atoms with Gasteiger partial charge in [-0.15, -0.1) is 0 Å². The first-order valence-corrected chi connectivity index (χ1v) is 6.87. The van der Waals surface area contributed by atoms with Gasteiger partial charge in [0.2, 0.25) is 5.78 Å². The smallest absolute Gasteiger partial charge is 0.289 e. The van der Waals surface area contributed by atoms with Crippen LogP contribution in [0.3, 0.4) is 0 Å². The van der Waals surface area contributed by atoms with Gasteiger partial charge in [0.1, 0.15) is 11.1 Å². The molecule has 142 valence electrons. The molecule has 0 unspecified atom stereocenters. The van der Waals surface area contributed by atoms with E-state index in [1.54, 1.807) is 0 Å². The normalized spacial score (nSPS) is 15.6. The first-order valence-electron chi connectivity index (χ1n) is 6.87. The Morgan fingerprint density at radius 2 is 1.41 bits per heavy atom. The number of halogens is 6. The van der Waals surface area contributed by atoms with Crippen LogP contribution in [-0.4, -0.2) is 23.1 Å². The zero-order valence-corrected chi connectivity index (χ0v) is 12.9. The van der Waals surface area contributed by atoms with Crippen LogP contribution in [0, 0.1) is 10.1 Å². The van der Waals surface area contributed by atoms with E-state index in [2.05, 4.69) is 10.2 Å². The molecule has 0 saturated carbocycles. The number of azo groups is 1. The van der Waals surface area contributed by atoms with E-state index in [1.165, 1.54) is 12.1 Å². The number of alkyl halides is 6. The molecule has 2 rings (SSSR count). The van der Waals surface area contributed by atoms with Gasteiger partial charge >= 0.3 is 12.4 Å². The van der Waals surface area contributed by atoms with E-state index in [9.17, 15) is 41.3 Å². The molecule has 0 heterocycles. The summed E-state index contributed by atoms with van der Waals surface area (Å²) in [6.45, 7) is 0. The number of carbonyl (C=O) groups is 1. The summed E-state index contributed by atoms with van der Waals surface area (Å²) in [6, 6.07) is 4.53. The lowest BCUT2D eigenvalue weighted by Crippen LogP contribution is -2.30. The predicted octanol–water partition coefficient (Wildman–Crippen LogP) is 5.12. The van der Waals surface area contributed by atoms with Crippen LogP contribution in [0.5, 0.6) is 0 Å². The molecule has 0 bridgehead atoms. The fraction of sp³-hybridized carbons (Fsp3) is 0.133. The Labute approximate surface area is 146 Å². The van der Waals surface area contributed by atoms with Crippen molar-refractivity contribution >= 4 is 17.2 Å². The van der Waals surface area contributed by atoms with Crippen LogP contribution >= 0.6 is 0 Å². The number of benzene rings is 1. The Hall–Kier alpha value is -3.31. The molecular formula is C15H7F6N3O3. The number of Topliss-reactive ketones (excluding diaryl/α,β-unsaturated/α-hetero) is 1. The highest BCUT2D eigenvalue weighted by Crippen LogP contribution is 2.38. The van der Waals surface area contributed by atoms with Crippen molar-refractivity contribution in [2.75, 3.05) is 0 Å². The number of ketones is 1. The molecule has 0 aromatic heterocycles. The van der Waals surface area contributed by atoms with Gasteiger partial charge in [0.15, 0.2) is 0 Å². The van der Waals surface area contributed by atoms with Crippen molar-refractivity contribution in [3.63, 3.8) is 0 Å². The summed E-state index contributed by atoms with van der Waals surface area (Å²) in [5.74, 6) is -2.18. The zero-order chi connectivity index (χ0) is 20.4. The number of rotatable bonds is 3. The fourth-order valence-corrected chi connectivity index (χ4v) is 1.95. The Kier molecular flexibility index (Phi) is 5.28. The number of hydrogen-bond donors (Lipinski definition) is 0. The Balaban J connectivity index is 2.36. The van der Waals surface area contributed by atoms with Crippen LogP contribution in [0.1, 0.15) is 0 Å². The Bertz CT molecular complexity index is 857. The number of hydrogen-bond acceptors (Lipinski definition) is 5. The highest BCUT2D eigenvalue weighted by atomic mass is 19.4. The summed E-state index contributed by atoms with van der Waals surface area (Å²) in [7, 11) is 0. The number of allylic oxidation sites excluding steroid dienone is 5. The molecule has 0 radical (unpaired) electrons. The third kappa shape index (κ3) is 4.86. The number of nitrogens with zero attached hydrogens (tertiary/aromatic N) is 3. The second-order valence-corrected chi connectivity index (χ2v) is 5.06. The van der Waals surface area contributed by atoms with E-state index < -0.39 is 39.8 Å². The van der Waals surface area contributed by atoms with E-state index >= 15 is 0 Å². The van der Waals surface area contributed by atoms with Crippen LogP contribution < -0.4 is 0 Å². The average Bonchev–Trinajstić information content (AvgIpc) is 2.54. The summed E-state index contributed by atoms with van der Waals surface area (Å²) in [5, 5.41) is 17.4. The highest BCUT2D eigenvalue weighted by molar-refractivity contribution is 6.12. The van der Waals surface area contributed by atoms with Gasteiger partial charge in [-0.3, -0.25) is 14.9 Å². The first-order chi connectivity index (χ1) is 12.4. The molecule has 6 nitrogen and oxygen atoms in total. The van der Waals surface area contributed by atoms with E-state index in [0.29, 0.717) is 6.20 Å².